The number of aryl methyl sites for hydroxylation is 1. The lowest BCUT2D eigenvalue weighted by Gasteiger charge is -2.18. The molecule has 0 aliphatic heterocycles. The number of hydrogen-bond acceptors (Lipinski definition) is 2. The van der Waals surface area contributed by atoms with E-state index in [1.807, 2.05) is 0 Å². The molecule has 0 atom stereocenters. The molecule has 0 unspecified atom stereocenters. The predicted octanol–water partition coefficient (Wildman–Crippen LogP) is 2.79. The molecular weight excluding hydrogens is 249 g/mol. The van der Waals surface area contributed by atoms with Crippen molar-refractivity contribution in [2.24, 2.45) is 5.41 Å². The first-order chi connectivity index (χ1) is 8.13. The number of carboxylic acid groups (broad SMARTS) is 1. The van der Waals surface area contributed by atoms with Gasteiger partial charge < -0.3 is 5.11 Å². The van der Waals surface area contributed by atoms with E-state index in [2.05, 4.69) is 5.10 Å². The van der Waals surface area contributed by atoms with E-state index in [0.717, 1.165) is 6.07 Å². The highest BCUT2D eigenvalue weighted by Gasteiger charge is 2.33. The minimum atomic E-state index is -4.44. The Morgan fingerprint density at radius 2 is 2.06 bits per heavy atom. The molecule has 18 heavy (non-hydrogen) atoms. The molecule has 0 radical (unpaired) electrons. The molecule has 0 saturated carbocycles. The summed E-state index contributed by atoms with van der Waals surface area (Å²) in [5.41, 5.74) is -1.81. The second-order valence-electron chi connectivity index (χ2n) is 4.75. The fourth-order valence-electron chi connectivity index (χ4n) is 1.43. The van der Waals surface area contributed by atoms with E-state index in [9.17, 15) is 18.0 Å². The van der Waals surface area contributed by atoms with Gasteiger partial charge in [-0.3, -0.25) is 9.48 Å². The van der Waals surface area contributed by atoms with Crippen molar-refractivity contribution in [2.75, 3.05) is 0 Å². The van der Waals surface area contributed by atoms with Crippen molar-refractivity contribution < 1.29 is 23.1 Å². The Morgan fingerprint density at radius 1 is 1.44 bits per heavy atom. The van der Waals surface area contributed by atoms with E-state index in [-0.39, 0.29) is 6.54 Å². The molecule has 1 aromatic heterocycles. The van der Waals surface area contributed by atoms with Crippen LogP contribution in [0.1, 0.15) is 32.4 Å². The van der Waals surface area contributed by atoms with Gasteiger partial charge in [-0.2, -0.15) is 18.3 Å². The van der Waals surface area contributed by atoms with Gasteiger partial charge in [0, 0.05) is 12.7 Å². The molecule has 1 rings (SSSR count). The monoisotopic (exact) mass is 264 g/mol. The van der Waals surface area contributed by atoms with Crippen LogP contribution in [0.15, 0.2) is 12.3 Å². The van der Waals surface area contributed by atoms with Crippen molar-refractivity contribution in [3.63, 3.8) is 0 Å². The summed E-state index contributed by atoms with van der Waals surface area (Å²) >= 11 is 0. The third-order valence-corrected chi connectivity index (χ3v) is 2.70. The van der Waals surface area contributed by atoms with Crippen molar-refractivity contribution in [1.82, 2.24) is 9.78 Å². The van der Waals surface area contributed by atoms with E-state index >= 15 is 0 Å². The number of carboxylic acids is 1. The molecule has 0 aromatic carbocycles. The molecule has 4 nitrogen and oxygen atoms in total. The summed E-state index contributed by atoms with van der Waals surface area (Å²) in [6.45, 7) is 3.44. The highest BCUT2D eigenvalue weighted by atomic mass is 19.4. The molecule has 0 saturated heterocycles. The van der Waals surface area contributed by atoms with E-state index in [1.54, 1.807) is 13.8 Å². The van der Waals surface area contributed by atoms with Crippen LogP contribution in [0.3, 0.4) is 0 Å². The molecule has 1 aromatic rings. The Morgan fingerprint density at radius 3 is 2.50 bits per heavy atom. The summed E-state index contributed by atoms with van der Waals surface area (Å²) in [4.78, 5) is 10.8. The lowest BCUT2D eigenvalue weighted by molar-refractivity contribution is -0.147. The molecule has 7 heteroatoms. The summed E-state index contributed by atoms with van der Waals surface area (Å²) in [6, 6.07) is 0.905. The van der Waals surface area contributed by atoms with Crippen LogP contribution in [0.25, 0.3) is 0 Å². The lowest BCUT2D eigenvalue weighted by atomic mass is 9.88. The number of alkyl halides is 3. The zero-order valence-electron chi connectivity index (χ0n) is 10.2. The van der Waals surface area contributed by atoms with E-state index in [0.29, 0.717) is 12.8 Å². The average molecular weight is 264 g/mol. The van der Waals surface area contributed by atoms with Crippen molar-refractivity contribution in [2.45, 2.75) is 39.4 Å². The topological polar surface area (TPSA) is 55.1 Å². The van der Waals surface area contributed by atoms with Crippen LogP contribution in [-0.4, -0.2) is 20.9 Å². The van der Waals surface area contributed by atoms with Gasteiger partial charge in [0.25, 0.3) is 0 Å². The van der Waals surface area contributed by atoms with Crippen molar-refractivity contribution in [3.05, 3.63) is 18.0 Å². The molecule has 0 fully saturated rings. The SMILES string of the molecule is CC(C)(CCCn1ccc(C(F)(F)F)n1)C(=O)O. The van der Waals surface area contributed by atoms with Crippen LogP contribution in [-0.2, 0) is 17.5 Å². The Bertz CT molecular complexity index is 424. The predicted molar refractivity (Wildman–Crippen MR) is 57.9 cm³/mol. The third-order valence-electron chi connectivity index (χ3n) is 2.70. The quantitative estimate of drug-likeness (QED) is 0.889. The van der Waals surface area contributed by atoms with Gasteiger partial charge in [0.15, 0.2) is 5.69 Å². The van der Waals surface area contributed by atoms with Gasteiger partial charge in [-0.25, -0.2) is 0 Å². The fraction of sp³-hybridized carbons (Fsp3) is 0.636. The van der Waals surface area contributed by atoms with Crippen molar-refractivity contribution in [3.8, 4) is 0 Å². The number of aromatic nitrogens is 2. The molecular formula is C11H15F3N2O2. The van der Waals surface area contributed by atoms with E-state index < -0.39 is 23.3 Å². The Balaban J connectivity index is 2.51. The highest BCUT2D eigenvalue weighted by Crippen LogP contribution is 2.27. The van der Waals surface area contributed by atoms with Gasteiger partial charge in [-0.1, -0.05) is 0 Å². The van der Waals surface area contributed by atoms with Gasteiger partial charge in [-0.05, 0) is 32.8 Å². The van der Waals surface area contributed by atoms with Crippen LogP contribution in [0, 0.1) is 5.41 Å². The number of halogens is 3. The van der Waals surface area contributed by atoms with Crippen LogP contribution >= 0.6 is 0 Å². The maximum absolute atomic E-state index is 12.3. The van der Waals surface area contributed by atoms with Crippen LogP contribution in [0.4, 0.5) is 13.2 Å². The molecule has 102 valence electrons. The van der Waals surface area contributed by atoms with Gasteiger partial charge in [0.1, 0.15) is 0 Å². The maximum atomic E-state index is 12.3. The molecule has 0 amide bonds. The van der Waals surface area contributed by atoms with Gasteiger partial charge >= 0.3 is 12.1 Å². The number of carbonyl (C=O) groups is 1. The molecule has 0 aliphatic carbocycles. The first kappa shape index (κ1) is 14.5. The number of rotatable bonds is 5. The standard InChI is InChI=1S/C11H15F3N2O2/c1-10(2,9(17)18)5-3-6-16-7-4-8(15-16)11(12,13)14/h4,7H,3,5-6H2,1-2H3,(H,17,18). The van der Waals surface area contributed by atoms with Gasteiger partial charge in [0.05, 0.1) is 5.41 Å². The smallest absolute Gasteiger partial charge is 0.435 e. The summed E-state index contributed by atoms with van der Waals surface area (Å²) in [5, 5.41) is 12.3. The van der Waals surface area contributed by atoms with Crippen molar-refractivity contribution in [1.29, 1.82) is 0 Å². The summed E-state index contributed by atoms with van der Waals surface area (Å²) in [5.74, 6) is -0.918. The minimum absolute atomic E-state index is 0.271. The summed E-state index contributed by atoms with van der Waals surface area (Å²) < 4.78 is 38.0. The van der Waals surface area contributed by atoms with E-state index in [4.69, 9.17) is 5.11 Å². The zero-order valence-corrected chi connectivity index (χ0v) is 10.2. The molecule has 1 heterocycles. The molecule has 1 N–H and O–H groups in total. The Labute approximate surface area is 102 Å². The normalized spacial score (nSPS) is 12.7. The van der Waals surface area contributed by atoms with Gasteiger partial charge in [0.2, 0.25) is 0 Å². The van der Waals surface area contributed by atoms with E-state index in [1.165, 1.54) is 10.9 Å². The molecule has 0 aliphatic rings. The average Bonchev–Trinajstić information content (AvgIpc) is 2.65. The summed E-state index contributed by atoms with van der Waals surface area (Å²) in [7, 11) is 0. The van der Waals surface area contributed by atoms with Crippen LogP contribution in [0.5, 0.6) is 0 Å². The van der Waals surface area contributed by atoms with Gasteiger partial charge in [-0.15, -0.1) is 0 Å². The number of aliphatic carboxylic acids is 1. The largest absolute Gasteiger partial charge is 0.481 e. The minimum Gasteiger partial charge on any atom is -0.481 e. The molecule has 0 bridgehead atoms. The Kier molecular flexibility index (Phi) is 4.03. The first-order valence-electron chi connectivity index (χ1n) is 5.47. The third kappa shape index (κ3) is 3.75. The first-order valence-corrected chi connectivity index (χ1v) is 5.47. The van der Waals surface area contributed by atoms with Crippen molar-refractivity contribution >= 4 is 5.97 Å². The van der Waals surface area contributed by atoms with Crippen LogP contribution < -0.4 is 0 Å². The number of nitrogens with zero attached hydrogens (tertiary/aromatic N) is 2. The summed E-state index contributed by atoms with van der Waals surface area (Å²) in [6.07, 6.45) is -2.36. The second-order valence-corrected chi connectivity index (χ2v) is 4.75. The molecule has 0 spiro atoms. The second kappa shape index (κ2) is 4.99. The number of hydrogen-bond donors (Lipinski definition) is 1. The zero-order chi connectivity index (χ0) is 14.0. The lowest BCUT2D eigenvalue weighted by Crippen LogP contribution is -2.24. The maximum Gasteiger partial charge on any atom is 0.435 e. The highest BCUT2D eigenvalue weighted by molar-refractivity contribution is 5.73. The fourth-order valence-corrected chi connectivity index (χ4v) is 1.43. The Hall–Kier alpha value is -1.53. The van der Waals surface area contributed by atoms with Crippen LogP contribution in [0.2, 0.25) is 0 Å².